The Labute approximate surface area is 209 Å². The van der Waals surface area contributed by atoms with E-state index in [9.17, 15) is 22.8 Å². The van der Waals surface area contributed by atoms with Gasteiger partial charge in [0, 0.05) is 40.1 Å². The third-order valence-corrected chi connectivity index (χ3v) is 6.08. The molecule has 34 heavy (non-hydrogen) atoms. The highest BCUT2D eigenvalue weighted by Crippen LogP contribution is 2.33. The zero-order chi connectivity index (χ0) is 25.3. The molecule has 1 heterocycles. The third-order valence-electron chi connectivity index (χ3n) is 5.37. The fourth-order valence-corrected chi connectivity index (χ4v) is 4.42. The smallest absolute Gasteiger partial charge is 0.416 e. The first-order valence-corrected chi connectivity index (χ1v) is 11.8. The number of halogens is 5. The molecular formula is C24H25BrClF3N2O3. The number of hydrogen-bond acceptors (Lipinski definition) is 3. The Hall–Kier alpha value is -2.26. The third kappa shape index (κ3) is 6.88. The van der Waals surface area contributed by atoms with Gasteiger partial charge in [0.2, 0.25) is 0 Å². The van der Waals surface area contributed by atoms with Gasteiger partial charge < -0.3 is 15.0 Å². The number of likely N-dealkylation sites (tertiary alicyclic amines) is 1. The van der Waals surface area contributed by atoms with Crippen molar-refractivity contribution in [3.63, 3.8) is 0 Å². The van der Waals surface area contributed by atoms with Crippen LogP contribution in [0.15, 0.2) is 46.9 Å². The van der Waals surface area contributed by atoms with Crippen LogP contribution in [-0.2, 0) is 10.9 Å². The van der Waals surface area contributed by atoms with E-state index in [2.05, 4.69) is 21.2 Å². The van der Waals surface area contributed by atoms with Gasteiger partial charge in [-0.3, -0.25) is 4.79 Å². The molecule has 2 aromatic rings. The normalized spacial score (nSPS) is 19.0. The maximum Gasteiger partial charge on any atom is 0.416 e. The Bertz CT molecular complexity index is 1050. The minimum absolute atomic E-state index is 0.105. The minimum Gasteiger partial charge on any atom is -0.444 e. The zero-order valence-corrected chi connectivity index (χ0v) is 21.2. The summed E-state index contributed by atoms with van der Waals surface area (Å²) in [6.07, 6.45) is -4.64. The lowest BCUT2D eigenvalue weighted by molar-refractivity contribution is -0.137. The molecule has 2 amide bonds. The predicted octanol–water partition coefficient (Wildman–Crippen LogP) is 6.64. The molecule has 1 saturated heterocycles. The number of carbonyl (C=O) groups is 2. The van der Waals surface area contributed by atoms with E-state index in [0.717, 1.165) is 17.7 Å². The molecule has 2 atom stereocenters. The van der Waals surface area contributed by atoms with Crippen LogP contribution < -0.4 is 5.32 Å². The molecule has 5 nitrogen and oxygen atoms in total. The first-order valence-electron chi connectivity index (χ1n) is 10.6. The fourth-order valence-electron chi connectivity index (χ4n) is 3.80. The Balaban J connectivity index is 1.85. The van der Waals surface area contributed by atoms with Gasteiger partial charge in [-0.1, -0.05) is 39.7 Å². The van der Waals surface area contributed by atoms with E-state index >= 15 is 0 Å². The number of benzene rings is 2. The molecule has 1 N–H and O–H groups in total. The predicted molar refractivity (Wildman–Crippen MR) is 127 cm³/mol. The van der Waals surface area contributed by atoms with E-state index in [-0.39, 0.29) is 22.5 Å². The van der Waals surface area contributed by atoms with Gasteiger partial charge in [0.1, 0.15) is 5.60 Å². The topological polar surface area (TPSA) is 58.6 Å². The number of piperidine rings is 1. The van der Waals surface area contributed by atoms with E-state index in [1.807, 2.05) is 12.1 Å². The number of ether oxygens (including phenoxy) is 1. The lowest BCUT2D eigenvalue weighted by atomic mass is 9.86. The molecule has 2 aromatic carbocycles. The zero-order valence-electron chi connectivity index (χ0n) is 18.9. The summed E-state index contributed by atoms with van der Waals surface area (Å²) in [5.41, 5.74) is -0.838. The molecule has 1 fully saturated rings. The number of amides is 2. The number of nitrogens with zero attached hydrogens (tertiary/aromatic N) is 1. The van der Waals surface area contributed by atoms with Crippen molar-refractivity contribution in [2.75, 3.05) is 13.1 Å². The molecule has 3 rings (SSSR count). The van der Waals surface area contributed by atoms with Crippen molar-refractivity contribution in [2.24, 2.45) is 0 Å². The molecule has 1 aliphatic heterocycles. The van der Waals surface area contributed by atoms with Crippen LogP contribution in [-0.4, -0.2) is 41.6 Å². The molecule has 10 heteroatoms. The number of rotatable bonds is 3. The summed E-state index contributed by atoms with van der Waals surface area (Å²) in [7, 11) is 0. The highest BCUT2D eigenvalue weighted by atomic mass is 79.9. The molecule has 1 unspecified atom stereocenters. The first kappa shape index (κ1) is 26.3. The fraction of sp³-hybridized carbons (Fsp3) is 0.417. The van der Waals surface area contributed by atoms with E-state index in [0.29, 0.717) is 18.0 Å². The Morgan fingerprint density at radius 1 is 1.12 bits per heavy atom. The van der Waals surface area contributed by atoms with Crippen LogP contribution in [0.1, 0.15) is 54.6 Å². The van der Waals surface area contributed by atoms with Crippen molar-refractivity contribution in [2.45, 2.75) is 50.9 Å². The molecule has 184 valence electrons. The number of carbonyl (C=O) groups excluding carboxylic acids is 2. The van der Waals surface area contributed by atoms with Crippen molar-refractivity contribution in [1.82, 2.24) is 10.2 Å². The van der Waals surface area contributed by atoms with Gasteiger partial charge in [-0.15, -0.1) is 0 Å². The molecule has 0 radical (unpaired) electrons. The monoisotopic (exact) mass is 560 g/mol. The molecule has 0 spiro atoms. The quantitative estimate of drug-likeness (QED) is 0.457. The van der Waals surface area contributed by atoms with E-state index in [1.165, 1.54) is 6.07 Å². The molecule has 0 aromatic heterocycles. The average Bonchev–Trinajstić information content (AvgIpc) is 2.72. The second-order valence-electron chi connectivity index (χ2n) is 9.18. The number of nitrogens with one attached hydrogen (secondary N) is 1. The maximum atomic E-state index is 13.2. The summed E-state index contributed by atoms with van der Waals surface area (Å²) in [6, 6.07) is 9.73. The van der Waals surface area contributed by atoms with Crippen molar-refractivity contribution in [3.05, 3.63) is 68.7 Å². The first-order chi connectivity index (χ1) is 15.7. The summed E-state index contributed by atoms with van der Waals surface area (Å²) in [5, 5.41) is 3.41. The van der Waals surface area contributed by atoms with Crippen molar-refractivity contribution < 1.29 is 27.5 Å². The van der Waals surface area contributed by atoms with Gasteiger partial charge in [0.25, 0.3) is 5.91 Å². The van der Waals surface area contributed by atoms with Crippen LogP contribution in [0.5, 0.6) is 0 Å². The second kappa shape index (κ2) is 10.2. The molecule has 0 saturated carbocycles. The van der Waals surface area contributed by atoms with Crippen molar-refractivity contribution in [3.8, 4) is 0 Å². The summed E-state index contributed by atoms with van der Waals surface area (Å²) in [4.78, 5) is 27.2. The number of hydrogen-bond donors (Lipinski definition) is 1. The minimum atomic E-state index is -4.58. The standard InChI is InChI=1S/C24H25BrClF3N2O3/c1-23(2,3)34-22(33)31-9-8-20(19(13-31)14-4-6-18(26)7-5-14)30-21(32)15-10-16(24(27,28)29)12-17(25)11-15/h4-7,10-12,19-20H,8-9,13H2,1-3H3,(H,30,32)/t19-,20?/m0/s1. The van der Waals surface area contributed by atoms with Crippen LogP contribution in [0, 0.1) is 0 Å². The molecule has 0 aliphatic carbocycles. The summed E-state index contributed by atoms with van der Waals surface area (Å²) >= 11 is 9.07. The summed E-state index contributed by atoms with van der Waals surface area (Å²) in [5.74, 6) is -0.932. The van der Waals surface area contributed by atoms with E-state index in [4.69, 9.17) is 16.3 Å². The molecule has 0 bridgehead atoms. The second-order valence-corrected chi connectivity index (χ2v) is 10.5. The highest BCUT2D eigenvalue weighted by Gasteiger charge is 2.36. The van der Waals surface area contributed by atoms with Crippen LogP contribution >= 0.6 is 27.5 Å². The molecule has 1 aliphatic rings. The molecular weight excluding hydrogens is 537 g/mol. The Kier molecular flexibility index (Phi) is 7.87. The van der Waals surface area contributed by atoms with Crippen molar-refractivity contribution >= 4 is 39.5 Å². The maximum absolute atomic E-state index is 13.2. The van der Waals surface area contributed by atoms with Gasteiger partial charge in [0.15, 0.2) is 0 Å². The van der Waals surface area contributed by atoms with Crippen LogP contribution in [0.25, 0.3) is 0 Å². The van der Waals surface area contributed by atoms with E-state index in [1.54, 1.807) is 37.8 Å². The Morgan fingerprint density at radius 2 is 1.76 bits per heavy atom. The highest BCUT2D eigenvalue weighted by molar-refractivity contribution is 9.10. The van der Waals surface area contributed by atoms with Gasteiger partial charge >= 0.3 is 12.3 Å². The number of alkyl halides is 3. The van der Waals surface area contributed by atoms with Crippen LogP contribution in [0.4, 0.5) is 18.0 Å². The van der Waals surface area contributed by atoms with Crippen molar-refractivity contribution in [1.29, 1.82) is 0 Å². The average molecular weight is 562 g/mol. The van der Waals surface area contributed by atoms with Crippen LogP contribution in [0.3, 0.4) is 0 Å². The van der Waals surface area contributed by atoms with Gasteiger partial charge in [0.05, 0.1) is 5.56 Å². The largest absolute Gasteiger partial charge is 0.444 e. The summed E-state index contributed by atoms with van der Waals surface area (Å²) < 4.78 is 45.3. The van der Waals surface area contributed by atoms with Crippen LogP contribution in [0.2, 0.25) is 5.02 Å². The summed E-state index contributed by atoms with van der Waals surface area (Å²) in [6.45, 7) is 5.94. The lowest BCUT2D eigenvalue weighted by Gasteiger charge is -2.39. The van der Waals surface area contributed by atoms with E-state index < -0.39 is 35.4 Å². The Morgan fingerprint density at radius 3 is 2.35 bits per heavy atom. The van der Waals surface area contributed by atoms with Gasteiger partial charge in [-0.25, -0.2) is 4.79 Å². The van der Waals surface area contributed by atoms with Gasteiger partial charge in [-0.05, 0) is 63.1 Å². The lowest BCUT2D eigenvalue weighted by Crippen LogP contribution is -2.52. The SMILES string of the molecule is CC(C)(C)OC(=O)N1CCC(NC(=O)c2cc(Br)cc(C(F)(F)F)c2)[C@H](c2ccc(Cl)cc2)C1. The van der Waals surface area contributed by atoms with Gasteiger partial charge in [-0.2, -0.15) is 13.2 Å².